The Morgan fingerprint density at radius 2 is 2.17 bits per heavy atom. The van der Waals surface area contributed by atoms with E-state index in [1.54, 1.807) is 13.8 Å². The number of esters is 1. The average molecular weight is 170 g/mol. The quantitative estimate of drug-likeness (QED) is 0.461. The minimum atomic E-state index is -0.541. The Morgan fingerprint density at radius 3 is 2.50 bits per heavy atom. The fourth-order valence-corrected chi connectivity index (χ4v) is 1.25. The summed E-state index contributed by atoms with van der Waals surface area (Å²) < 4.78 is 5.06. The Kier molecular flexibility index (Phi) is 2.22. The topological polar surface area (TPSA) is 43.4 Å². The molecule has 0 saturated carbocycles. The van der Waals surface area contributed by atoms with E-state index in [0.29, 0.717) is 6.42 Å². The van der Waals surface area contributed by atoms with Gasteiger partial charge >= 0.3 is 5.97 Å². The molecule has 3 heteroatoms. The number of ether oxygens (including phenoxy) is 1. The molecule has 0 radical (unpaired) electrons. The molecule has 3 nitrogen and oxygen atoms in total. The zero-order chi connectivity index (χ0) is 9.35. The van der Waals surface area contributed by atoms with Gasteiger partial charge in [-0.15, -0.1) is 0 Å². The second-order valence-electron chi connectivity index (χ2n) is 4.00. The van der Waals surface area contributed by atoms with E-state index in [-0.39, 0.29) is 18.0 Å². The smallest absolute Gasteiger partial charge is 0.309 e. The predicted octanol–water partition coefficient (Wildman–Crippen LogP) is 1.16. The molecule has 0 aromatic carbocycles. The van der Waals surface area contributed by atoms with E-state index < -0.39 is 5.41 Å². The van der Waals surface area contributed by atoms with Crippen LogP contribution in [0.2, 0.25) is 0 Å². The van der Waals surface area contributed by atoms with Crippen LogP contribution in [0.4, 0.5) is 0 Å². The fourth-order valence-electron chi connectivity index (χ4n) is 1.25. The van der Waals surface area contributed by atoms with Crippen molar-refractivity contribution >= 4 is 12.3 Å². The lowest BCUT2D eigenvalue weighted by Gasteiger charge is -2.23. The van der Waals surface area contributed by atoms with E-state index in [1.165, 1.54) is 0 Å². The van der Waals surface area contributed by atoms with Crippen molar-refractivity contribution < 1.29 is 14.3 Å². The lowest BCUT2D eigenvalue weighted by molar-refractivity contribution is -0.148. The lowest BCUT2D eigenvalue weighted by Crippen LogP contribution is -2.30. The molecule has 12 heavy (non-hydrogen) atoms. The Bertz CT molecular complexity index is 208. The minimum absolute atomic E-state index is 0.0609. The van der Waals surface area contributed by atoms with Gasteiger partial charge in [-0.1, -0.05) is 6.92 Å². The largest absolute Gasteiger partial charge is 0.461 e. The van der Waals surface area contributed by atoms with E-state index in [1.807, 2.05) is 6.92 Å². The highest BCUT2D eigenvalue weighted by atomic mass is 16.6. The normalized spacial score (nSPS) is 30.1. The summed E-state index contributed by atoms with van der Waals surface area (Å²) >= 11 is 0. The van der Waals surface area contributed by atoms with Crippen LogP contribution in [0.15, 0.2) is 0 Å². The molecule has 2 atom stereocenters. The highest BCUT2D eigenvalue weighted by Gasteiger charge is 2.40. The molecule has 0 bridgehead atoms. The van der Waals surface area contributed by atoms with E-state index >= 15 is 0 Å². The number of rotatable bonds is 2. The van der Waals surface area contributed by atoms with Gasteiger partial charge in [0.1, 0.15) is 12.4 Å². The van der Waals surface area contributed by atoms with Gasteiger partial charge in [0.2, 0.25) is 0 Å². The summed E-state index contributed by atoms with van der Waals surface area (Å²) in [6.07, 6.45) is 1.27. The number of hydrogen-bond acceptors (Lipinski definition) is 3. The first-order valence-corrected chi connectivity index (χ1v) is 4.14. The van der Waals surface area contributed by atoms with Crippen LogP contribution in [0.3, 0.4) is 0 Å². The summed E-state index contributed by atoms with van der Waals surface area (Å²) in [6, 6.07) is 0. The van der Waals surface area contributed by atoms with Gasteiger partial charge in [0.25, 0.3) is 0 Å². The molecule has 0 unspecified atom stereocenters. The molecule has 68 valence electrons. The maximum absolute atomic E-state index is 11.0. The maximum Gasteiger partial charge on any atom is 0.309 e. The third kappa shape index (κ3) is 1.49. The van der Waals surface area contributed by atoms with Crippen LogP contribution in [0, 0.1) is 11.3 Å². The van der Waals surface area contributed by atoms with E-state index in [4.69, 9.17) is 4.74 Å². The van der Waals surface area contributed by atoms with Crippen LogP contribution in [0.25, 0.3) is 0 Å². The van der Waals surface area contributed by atoms with Crippen molar-refractivity contribution in [1.82, 2.24) is 0 Å². The minimum Gasteiger partial charge on any atom is -0.461 e. The molecule has 1 fully saturated rings. The third-order valence-corrected chi connectivity index (χ3v) is 2.36. The van der Waals surface area contributed by atoms with Crippen molar-refractivity contribution in [3.05, 3.63) is 0 Å². The Labute approximate surface area is 72.1 Å². The first-order valence-electron chi connectivity index (χ1n) is 4.14. The highest BCUT2D eigenvalue weighted by molar-refractivity contribution is 5.75. The van der Waals surface area contributed by atoms with Crippen LogP contribution in [-0.4, -0.2) is 18.4 Å². The first-order chi connectivity index (χ1) is 5.47. The first kappa shape index (κ1) is 9.23. The molecule has 1 saturated heterocycles. The lowest BCUT2D eigenvalue weighted by atomic mass is 9.85. The van der Waals surface area contributed by atoms with Gasteiger partial charge in [-0.3, -0.25) is 4.79 Å². The molecule has 0 N–H and O–H groups in total. The number of cyclic esters (lactones) is 1. The Hall–Kier alpha value is -0.860. The third-order valence-electron chi connectivity index (χ3n) is 2.36. The zero-order valence-corrected chi connectivity index (χ0v) is 7.66. The van der Waals surface area contributed by atoms with Crippen molar-refractivity contribution in [2.75, 3.05) is 0 Å². The van der Waals surface area contributed by atoms with Crippen molar-refractivity contribution in [2.24, 2.45) is 11.3 Å². The molecule has 0 aliphatic carbocycles. The average Bonchev–Trinajstić information content (AvgIpc) is 2.33. The fraction of sp³-hybridized carbons (Fsp3) is 0.778. The number of carbonyl (C=O) groups is 2. The van der Waals surface area contributed by atoms with Gasteiger partial charge in [-0.2, -0.15) is 0 Å². The monoisotopic (exact) mass is 170 g/mol. The summed E-state index contributed by atoms with van der Waals surface area (Å²) in [5.41, 5.74) is -0.541. The van der Waals surface area contributed by atoms with Crippen molar-refractivity contribution in [3.8, 4) is 0 Å². The van der Waals surface area contributed by atoms with Gasteiger partial charge in [-0.05, 0) is 20.3 Å². The molecule has 0 aromatic heterocycles. The van der Waals surface area contributed by atoms with Crippen molar-refractivity contribution in [3.63, 3.8) is 0 Å². The van der Waals surface area contributed by atoms with Crippen molar-refractivity contribution in [1.29, 1.82) is 0 Å². The molecule has 1 aliphatic rings. The molecular weight excluding hydrogens is 156 g/mol. The zero-order valence-electron chi connectivity index (χ0n) is 7.66. The summed E-state index contributed by atoms with van der Waals surface area (Å²) in [6.45, 7) is 5.40. The summed E-state index contributed by atoms with van der Waals surface area (Å²) in [5.74, 6) is -0.246. The van der Waals surface area contributed by atoms with E-state index in [2.05, 4.69) is 0 Å². The number of hydrogen-bond donors (Lipinski definition) is 0. The maximum atomic E-state index is 11.0. The number of aldehydes is 1. The van der Waals surface area contributed by atoms with Crippen LogP contribution >= 0.6 is 0 Å². The summed E-state index contributed by atoms with van der Waals surface area (Å²) in [5, 5.41) is 0. The predicted molar refractivity (Wildman–Crippen MR) is 43.5 cm³/mol. The van der Waals surface area contributed by atoms with Gasteiger partial charge in [0.05, 0.1) is 11.3 Å². The molecule has 1 aliphatic heterocycles. The van der Waals surface area contributed by atoms with Gasteiger partial charge in [0.15, 0.2) is 0 Å². The van der Waals surface area contributed by atoms with Gasteiger partial charge in [-0.25, -0.2) is 0 Å². The van der Waals surface area contributed by atoms with Crippen LogP contribution in [0.5, 0.6) is 0 Å². The standard InChI is InChI=1S/C9H14O3/c1-6-4-7(12-8(6)11)9(2,3)5-10/h5-7H,4H2,1-3H3/t6-,7-/m1/s1. The second kappa shape index (κ2) is 2.88. The van der Waals surface area contributed by atoms with E-state index in [9.17, 15) is 9.59 Å². The van der Waals surface area contributed by atoms with Crippen LogP contribution < -0.4 is 0 Å². The van der Waals surface area contributed by atoms with Gasteiger partial charge < -0.3 is 9.53 Å². The summed E-state index contributed by atoms with van der Waals surface area (Å²) in [7, 11) is 0. The SMILES string of the molecule is C[C@@H]1C[C@H](C(C)(C)C=O)OC1=O. The Morgan fingerprint density at radius 1 is 1.58 bits per heavy atom. The van der Waals surface area contributed by atoms with E-state index in [0.717, 1.165) is 6.29 Å². The molecule has 1 rings (SSSR count). The number of carbonyl (C=O) groups excluding carboxylic acids is 2. The molecule has 0 spiro atoms. The molecular formula is C9H14O3. The molecule has 0 amide bonds. The molecule has 1 heterocycles. The Balaban J connectivity index is 2.69. The summed E-state index contributed by atoms with van der Waals surface area (Å²) in [4.78, 5) is 21.6. The van der Waals surface area contributed by atoms with Crippen molar-refractivity contribution in [2.45, 2.75) is 33.3 Å². The molecule has 0 aromatic rings. The highest BCUT2D eigenvalue weighted by Crippen LogP contribution is 2.32. The second-order valence-corrected chi connectivity index (χ2v) is 4.00. The van der Waals surface area contributed by atoms with Gasteiger partial charge in [0, 0.05) is 0 Å². The van der Waals surface area contributed by atoms with Crippen LogP contribution in [-0.2, 0) is 14.3 Å². The van der Waals surface area contributed by atoms with Crippen LogP contribution in [0.1, 0.15) is 27.2 Å².